The van der Waals surface area contributed by atoms with Gasteiger partial charge in [0.25, 0.3) is 0 Å². The topological polar surface area (TPSA) is 59.4 Å². The molecular formula is C23H26N4O2. The van der Waals surface area contributed by atoms with Crippen LogP contribution in [0.25, 0.3) is 0 Å². The van der Waals surface area contributed by atoms with E-state index in [9.17, 15) is 4.79 Å². The molecule has 1 aromatic heterocycles. The molecule has 6 heteroatoms. The summed E-state index contributed by atoms with van der Waals surface area (Å²) in [6.07, 6.45) is 4.04. The van der Waals surface area contributed by atoms with E-state index in [4.69, 9.17) is 4.74 Å². The average molecular weight is 390 g/mol. The number of carbonyl (C=O) groups is 1. The molecular weight excluding hydrogens is 364 g/mol. The van der Waals surface area contributed by atoms with E-state index < -0.39 is 0 Å². The molecule has 1 amide bonds. The average Bonchev–Trinajstić information content (AvgIpc) is 3.19. The summed E-state index contributed by atoms with van der Waals surface area (Å²) in [7, 11) is 0. The van der Waals surface area contributed by atoms with Gasteiger partial charge in [0.05, 0.1) is 6.54 Å². The second kappa shape index (κ2) is 9.39. The normalized spacial score (nSPS) is 16.5. The first-order valence-corrected chi connectivity index (χ1v) is 10.0. The summed E-state index contributed by atoms with van der Waals surface area (Å²) in [6, 6.07) is 20.3. The van der Waals surface area contributed by atoms with Crippen LogP contribution in [0.4, 0.5) is 0 Å². The molecule has 0 radical (unpaired) electrons. The highest BCUT2D eigenvalue weighted by molar-refractivity contribution is 5.76. The summed E-state index contributed by atoms with van der Waals surface area (Å²) in [4.78, 5) is 14.6. The first-order valence-electron chi connectivity index (χ1n) is 10.0. The molecule has 0 fully saturated rings. The number of hydrogen-bond acceptors (Lipinski definition) is 4. The van der Waals surface area contributed by atoms with Gasteiger partial charge in [-0.2, -0.15) is 5.10 Å². The van der Waals surface area contributed by atoms with Gasteiger partial charge in [0.1, 0.15) is 11.9 Å². The van der Waals surface area contributed by atoms with E-state index in [0.717, 1.165) is 30.0 Å². The molecule has 0 saturated carbocycles. The van der Waals surface area contributed by atoms with E-state index in [1.54, 1.807) is 6.20 Å². The van der Waals surface area contributed by atoms with Crippen LogP contribution in [0.3, 0.4) is 0 Å². The summed E-state index contributed by atoms with van der Waals surface area (Å²) in [5.41, 5.74) is 2.31. The molecule has 0 spiro atoms. The Balaban J connectivity index is 1.36. The van der Waals surface area contributed by atoms with Crippen molar-refractivity contribution in [3.05, 3.63) is 84.2 Å². The Morgan fingerprint density at radius 2 is 1.90 bits per heavy atom. The number of ether oxygens (including phenoxy) is 1. The first-order chi connectivity index (χ1) is 14.3. The van der Waals surface area contributed by atoms with Gasteiger partial charge in [0, 0.05) is 50.6 Å². The summed E-state index contributed by atoms with van der Waals surface area (Å²) in [6.45, 7) is 3.48. The molecule has 4 rings (SSSR count). The fraction of sp³-hybridized carbons (Fsp3) is 0.304. The number of carbonyl (C=O) groups excluding carboxylic acids is 1. The maximum absolute atomic E-state index is 12.3. The molecule has 6 nitrogen and oxygen atoms in total. The minimum absolute atomic E-state index is 0.0530. The molecule has 2 heterocycles. The highest BCUT2D eigenvalue weighted by Crippen LogP contribution is 2.30. The van der Waals surface area contributed by atoms with Gasteiger partial charge >= 0.3 is 0 Å². The maximum Gasteiger partial charge on any atom is 0.221 e. The van der Waals surface area contributed by atoms with Crippen LogP contribution in [-0.2, 0) is 17.9 Å². The van der Waals surface area contributed by atoms with Crippen molar-refractivity contribution < 1.29 is 9.53 Å². The lowest BCUT2D eigenvalue weighted by Gasteiger charge is -2.24. The molecule has 1 aliphatic heterocycles. The number of nitrogens with zero attached hydrogens (tertiary/aromatic N) is 3. The van der Waals surface area contributed by atoms with Crippen LogP contribution in [0.1, 0.15) is 23.7 Å². The van der Waals surface area contributed by atoms with Gasteiger partial charge in [-0.05, 0) is 17.7 Å². The maximum atomic E-state index is 12.3. The Bertz CT molecular complexity index is 912. The summed E-state index contributed by atoms with van der Waals surface area (Å²) < 4.78 is 8.15. The SMILES string of the molecule is O=C(CCN1Cc2ccccc2OC(c2ccccc2)C1)NCCn1cccn1. The van der Waals surface area contributed by atoms with Crippen LogP contribution in [0.5, 0.6) is 5.75 Å². The van der Waals surface area contributed by atoms with Crippen molar-refractivity contribution in [2.45, 2.75) is 25.6 Å². The summed E-state index contributed by atoms with van der Waals surface area (Å²) in [5.74, 6) is 0.986. The third-order valence-electron chi connectivity index (χ3n) is 5.11. The molecule has 1 unspecified atom stereocenters. The first kappa shape index (κ1) is 19.2. The lowest BCUT2D eigenvalue weighted by Crippen LogP contribution is -2.34. The standard InChI is InChI=1S/C23H26N4O2/c28-23(24-13-16-27-14-6-12-25-27)11-15-26-17-20-9-4-5-10-21(20)29-22(18-26)19-7-2-1-3-8-19/h1-10,12,14,22H,11,13,15-18H2,(H,24,28). The minimum atomic E-state index is -0.0530. The summed E-state index contributed by atoms with van der Waals surface area (Å²) in [5, 5.41) is 7.13. The minimum Gasteiger partial charge on any atom is -0.484 e. The number of aromatic nitrogens is 2. The number of hydrogen-bond donors (Lipinski definition) is 1. The van der Waals surface area contributed by atoms with Gasteiger partial charge < -0.3 is 10.1 Å². The van der Waals surface area contributed by atoms with E-state index in [2.05, 4.69) is 33.5 Å². The number of amides is 1. The Kier molecular flexibility index (Phi) is 6.22. The van der Waals surface area contributed by atoms with Gasteiger partial charge in [0.2, 0.25) is 5.91 Å². The van der Waals surface area contributed by atoms with Crippen molar-refractivity contribution in [3.63, 3.8) is 0 Å². The van der Waals surface area contributed by atoms with Crippen molar-refractivity contribution in [3.8, 4) is 5.75 Å². The van der Waals surface area contributed by atoms with Crippen LogP contribution in [0.2, 0.25) is 0 Å². The molecule has 1 N–H and O–H groups in total. The number of para-hydroxylation sites is 1. The fourth-order valence-electron chi connectivity index (χ4n) is 3.58. The quantitative estimate of drug-likeness (QED) is 0.674. The van der Waals surface area contributed by atoms with Gasteiger partial charge in [-0.25, -0.2) is 0 Å². The van der Waals surface area contributed by atoms with Crippen LogP contribution >= 0.6 is 0 Å². The number of fused-ring (bicyclic) bond motifs is 1. The highest BCUT2D eigenvalue weighted by atomic mass is 16.5. The molecule has 0 saturated heterocycles. The van der Waals surface area contributed by atoms with Crippen molar-refractivity contribution >= 4 is 5.91 Å². The molecule has 3 aromatic rings. The smallest absolute Gasteiger partial charge is 0.221 e. The fourth-order valence-corrected chi connectivity index (χ4v) is 3.58. The third-order valence-corrected chi connectivity index (χ3v) is 5.11. The second-order valence-corrected chi connectivity index (χ2v) is 7.23. The molecule has 2 aromatic carbocycles. The van der Waals surface area contributed by atoms with Gasteiger partial charge in [0.15, 0.2) is 0 Å². The van der Waals surface area contributed by atoms with Crippen LogP contribution in [-0.4, -0.2) is 40.2 Å². The lowest BCUT2D eigenvalue weighted by molar-refractivity contribution is -0.121. The predicted molar refractivity (Wildman–Crippen MR) is 111 cm³/mol. The van der Waals surface area contributed by atoms with E-state index in [-0.39, 0.29) is 12.0 Å². The Morgan fingerprint density at radius 3 is 2.72 bits per heavy atom. The van der Waals surface area contributed by atoms with Crippen LogP contribution in [0, 0.1) is 0 Å². The highest BCUT2D eigenvalue weighted by Gasteiger charge is 2.24. The van der Waals surface area contributed by atoms with Gasteiger partial charge in [-0.1, -0.05) is 48.5 Å². The molecule has 1 aliphatic rings. The van der Waals surface area contributed by atoms with Crippen LogP contribution in [0.15, 0.2) is 73.1 Å². The Labute approximate surface area is 171 Å². The molecule has 29 heavy (non-hydrogen) atoms. The molecule has 0 aliphatic carbocycles. The van der Waals surface area contributed by atoms with Crippen LogP contribution < -0.4 is 10.1 Å². The van der Waals surface area contributed by atoms with E-state index in [1.165, 1.54) is 0 Å². The summed E-state index contributed by atoms with van der Waals surface area (Å²) >= 11 is 0. The molecule has 150 valence electrons. The van der Waals surface area contributed by atoms with Gasteiger partial charge in [-0.15, -0.1) is 0 Å². The van der Waals surface area contributed by atoms with E-state index >= 15 is 0 Å². The molecule has 1 atom stereocenters. The monoisotopic (exact) mass is 390 g/mol. The zero-order valence-electron chi connectivity index (χ0n) is 16.4. The van der Waals surface area contributed by atoms with E-state index in [1.807, 2.05) is 53.3 Å². The number of rotatable bonds is 7. The van der Waals surface area contributed by atoms with Gasteiger partial charge in [-0.3, -0.25) is 14.4 Å². The molecule has 0 bridgehead atoms. The van der Waals surface area contributed by atoms with E-state index in [0.29, 0.717) is 26.1 Å². The third kappa shape index (κ3) is 5.23. The zero-order valence-corrected chi connectivity index (χ0v) is 16.4. The largest absolute Gasteiger partial charge is 0.484 e. The number of benzene rings is 2. The van der Waals surface area contributed by atoms with Crippen molar-refractivity contribution in [2.24, 2.45) is 0 Å². The predicted octanol–water partition coefficient (Wildman–Crippen LogP) is 3.03. The van der Waals surface area contributed by atoms with Crippen molar-refractivity contribution in [1.29, 1.82) is 0 Å². The lowest BCUT2D eigenvalue weighted by atomic mass is 10.1. The van der Waals surface area contributed by atoms with Crippen molar-refractivity contribution in [1.82, 2.24) is 20.0 Å². The number of nitrogens with one attached hydrogen (secondary N) is 1. The second-order valence-electron chi connectivity index (χ2n) is 7.23. The Morgan fingerprint density at radius 1 is 1.07 bits per heavy atom. The Hall–Kier alpha value is -3.12. The zero-order chi connectivity index (χ0) is 19.9. The van der Waals surface area contributed by atoms with Crippen molar-refractivity contribution in [2.75, 3.05) is 19.6 Å².